The van der Waals surface area contributed by atoms with E-state index in [9.17, 15) is 0 Å². The summed E-state index contributed by atoms with van der Waals surface area (Å²) in [5.74, 6) is 3.27. The summed E-state index contributed by atoms with van der Waals surface area (Å²) in [5, 5.41) is 0. The maximum Gasteiger partial charge on any atom is 0.231 e. The Morgan fingerprint density at radius 3 is 2.25 bits per heavy atom. The predicted octanol–water partition coefficient (Wildman–Crippen LogP) is 1.54. The summed E-state index contributed by atoms with van der Waals surface area (Å²) in [6, 6.07) is 0. The van der Waals surface area contributed by atoms with Crippen molar-refractivity contribution >= 4 is 17.8 Å². The quantitative estimate of drug-likeness (QED) is 0.903. The highest BCUT2D eigenvalue weighted by Crippen LogP contribution is 2.27. The minimum absolute atomic E-state index is 0.338. The molecule has 3 heterocycles. The number of nitrogens with two attached hydrogens (primary N) is 1. The van der Waals surface area contributed by atoms with E-state index in [-0.39, 0.29) is 0 Å². The molecule has 2 saturated heterocycles. The zero-order chi connectivity index (χ0) is 14.1. The van der Waals surface area contributed by atoms with Crippen LogP contribution < -0.4 is 15.5 Å². The lowest BCUT2D eigenvalue weighted by Crippen LogP contribution is -2.27. The highest BCUT2D eigenvalue weighted by molar-refractivity contribution is 5.44. The van der Waals surface area contributed by atoms with Crippen LogP contribution in [0.4, 0.5) is 17.8 Å². The van der Waals surface area contributed by atoms with Gasteiger partial charge in [-0.3, -0.25) is 0 Å². The van der Waals surface area contributed by atoms with Crippen molar-refractivity contribution in [3.63, 3.8) is 0 Å². The molecule has 1 atom stereocenters. The number of nitrogens with zero attached hydrogens (tertiary/aromatic N) is 5. The Morgan fingerprint density at radius 2 is 1.65 bits per heavy atom. The highest BCUT2D eigenvalue weighted by atomic mass is 15.4. The van der Waals surface area contributed by atoms with E-state index in [2.05, 4.69) is 38.6 Å². The van der Waals surface area contributed by atoms with Gasteiger partial charge in [0.25, 0.3) is 0 Å². The molecule has 0 aromatic carbocycles. The van der Waals surface area contributed by atoms with Crippen LogP contribution >= 0.6 is 0 Å². The van der Waals surface area contributed by atoms with Crippen LogP contribution in [0.25, 0.3) is 0 Å². The fourth-order valence-electron chi connectivity index (χ4n) is 3.08. The van der Waals surface area contributed by atoms with Gasteiger partial charge in [0.2, 0.25) is 17.8 Å². The molecule has 6 heteroatoms. The molecule has 0 radical (unpaired) electrons. The molecule has 0 saturated carbocycles. The lowest BCUT2D eigenvalue weighted by atomic mass is 9.95. The van der Waals surface area contributed by atoms with Gasteiger partial charge in [-0.25, -0.2) is 0 Å². The summed E-state index contributed by atoms with van der Waals surface area (Å²) in [4.78, 5) is 17.7. The first-order valence-corrected chi connectivity index (χ1v) is 7.65. The van der Waals surface area contributed by atoms with Crippen molar-refractivity contribution in [3.05, 3.63) is 0 Å². The van der Waals surface area contributed by atoms with Crippen molar-refractivity contribution in [1.82, 2.24) is 15.0 Å². The third kappa shape index (κ3) is 2.64. The van der Waals surface area contributed by atoms with Crippen LogP contribution in [0.5, 0.6) is 0 Å². The zero-order valence-corrected chi connectivity index (χ0v) is 12.4. The Kier molecular flexibility index (Phi) is 3.63. The smallest absolute Gasteiger partial charge is 0.231 e. The second-order valence-electron chi connectivity index (χ2n) is 6.23. The van der Waals surface area contributed by atoms with Gasteiger partial charge in [0, 0.05) is 26.2 Å². The average molecular weight is 276 g/mol. The Bertz CT molecular complexity index is 469. The van der Waals surface area contributed by atoms with Crippen LogP contribution in [-0.2, 0) is 0 Å². The van der Waals surface area contributed by atoms with Gasteiger partial charge in [-0.1, -0.05) is 13.8 Å². The number of aromatic nitrogens is 3. The van der Waals surface area contributed by atoms with Crippen molar-refractivity contribution in [3.8, 4) is 0 Å². The summed E-state index contributed by atoms with van der Waals surface area (Å²) in [6.45, 7) is 8.67. The first-order chi connectivity index (χ1) is 9.63. The molecule has 2 aliphatic rings. The van der Waals surface area contributed by atoms with Crippen LogP contribution in [0, 0.1) is 11.8 Å². The SMILES string of the molecule is CC(C)C1CCN(c2nc(N)nc(N3CCCC3)n2)C1. The lowest BCUT2D eigenvalue weighted by Gasteiger charge is -2.21. The van der Waals surface area contributed by atoms with Crippen LogP contribution in [0.15, 0.2) is 0 Å². The normalized spacial score (nSPS) is 23.1. The molecule has 0 aliphatic carbocycles. The van der Waals surface area contributed by atoms with Gasteiger partial charge in [0.1, 0.15) is 0 Å². The molecular weight excluding hydrogens is 252 g/mol. The molecule has 2 aliphatic heterocycles. The molecule has 6 nitrogen and oxygen atoms in total. The number of anilines is 3. The minimum atomic E-state index is 0.338. The number of hydrogen-bond acceptors (Lipinski definition) is 6. The fraction of sp³-hybridized carbons (Fsp3) is 0.786. The summed E-state index contributed by atoms with van der Waals surface area (Å²) in [5.41, 5.74) is 5.87. The van der Waals surface area contributed by atoms with E-state index in [1.54, 1.807) is 0 Å². The summed E-state index contributed by atoms with van der Waals surface area (Å²) in [7, 11) is 0. The molecule has 2 fully saturated rings. The Hall–Kier alpha value is -1.59. The monoisotopic (exact) mass is 276 g/mol. The van der Waals surface area contributed by atoms with Crippen LogP contribution in [-0.4, -0.2) is 41.1 Å². The Balaban J connectivity index is 1.79. The Labute approximate surface area is 120 Å². The largest absolute Gasteiger partial charge is 0.368 e. The molecule has 2 N–H and O–H groups in total. The van der Waals surface area contributed by atoms with Crippen LogP contribution in [0.2, 0.25) is 0 Å². The third-order valence-electron chi connectivity index (χ3n) is 4.47. The molecule has 0 spiro atoms. The molecule has 1 aromatic heterocycles. The average Bonchev–Trinajstić information content (AvgIpc) is 3.10. The molecule has 1 aromatic rings. The van der Waals surface area contributed by atoms with E-state index >= 15 is 0 Å². The first kappa shape index (κ1) is 13.4. The first-order valence-electron chi connectivity index (χ1n) is 7.65. The van der Waals surface area contributed by atoms with Gasteiger partial charge in [-0.05, 0) is 31.1 Å². The second kappa shape index (κ2) is 5.42. The van der Waals surface area contributed by atoms with Crippen LogP contribution in [0.1, 0.15) is 33.1 Å². The van der Waals surface area contributed by atoms with Crippen molar-refractivity contribution in [2.45, 2.75) is 33.1 Å². The van der Waals surface area contributed by atoms with Crippen molar-refractivity contribution < 1.29 is 0 Å². The van der Waals surface area contributed by atoms with Gasteiger partial charge in [-0.15, -0.1) is 0 Å². The molecule has 0 bridgehead atoms. The number of nitrogen functional groups attached to an aromatic ring is 1. The molecule has 110 valence electrons. The minimum Gasteiger partial charge on any atom is -0.368 e. The molecule has 20 heavy (non-hydrogen) atoms. The Morgan fingerprint density at radius 1 is 1.00 bits per heavy atom. The van der Waals surface area contributed by atoms with E-state index in [1.165, 1.54) is 19.3 Å². The number of hydrogen-bond donors (Lipinski definition) is 1. The maximum absolute atomic E-state index is 5.87. The van der Waals surface area contributed by atoms with Crippen molar-refractivity contribution in [2.24, 2.45) is 11.8 Å². The topological polar surface area (TPSA) is 71.2 Å². The second-order valence-corrected chi connectivity index (χ2v) is 6.23. The summed E-state index contributed by atoms with van der Waals surface area (Å²) >= 11 is 0. The van der Waals surface area contributed by atoms with Crippen molar-refractivity contribution in [2.75, 3.05) is 41.7 Å². The summed E-state index contributed by atoms with van der Waals surface area (Å²) in [6.07, 6.45) is 3.63. The highest BCUT2D eigenvalue weighted by Gasteiger charge is 2.27. The van der Waals surface area contributed by atoms with Gasteiger partial charge in [-0.2, -0.15) is 15.0 Å². The summed E-state index contributed by atoms with van der Waals surface area (Å²) < 4.78 is 0. The molecule has 3 rings (SSSR count). The standard InChI is InChI=1S/C14H24N6/c1-10(2)11-5-8-20(9-11)14-17-12(15)16-13(18-14)19-6-3-4-7-19/h10-11H,3-9H2,1-2H3,(H2,15,16,17,18). The van der Waals surface area contributed by atoms with Gasteiger partial charge in [0.15, 0.2) is 0 Å². The number of rotatable bonds is 3. The van der Waals surface area contributed by atoms with Crippen molar-refractivity contribution in [1.29, 1.82) is 0 Å². The van der Waals surface area contributed by atoms with E-state index in [0.29, 0.717) is 11.9 Å². The van der Waals surface area contributed by atoms with E-state index in [4.69, 9.17) is 5.73 Å². The zero-order valence-electron chi connectivity index (χ0n) is 12.4. The van der Waals surface area contributed by atoms with E-state index < -0.39 is 0 Å². The molecule has 1 unspecified atom stereocenters. The van der Waals surface area contributed by atoms with Crippen LogP contribution in [0.3, 0.4) is 0 Å². The molecular formula is C14H24N6. The lowest BCUT2D eigenvalue weighted by molar-refractivity contribution is 0.422. The fourth-order valence-corrected chi connectivity index (χ4v) is 3.08. The van der Waals surface area contributed by atoms with E-state index in [1.807, 2.05) is 0 Å². The third-order valence-corrected chi connectivity index (χ3v) is 4.47. The maximum atomic E-state index is 5.87. The van der Waals surface area contributed by atoms with Gasteiger partial charge >= 0.3 is 0 Å². The van der Waals surface area contributed by atoms with Gasteiger partial charge < -0.3 is 15.5 Å². The van der Waals surface area contributed by atoms with Gasteiger partial charge in [0.05, 0.1) is 0 Å². The predicted molar refractivity (Wildman–Crippen MR) is 80.8 cm³/mol. The molecule has 0 amide bonds. The van der Waals surface area contributed by atoms with E-state index in [0.717, 1.165) is 44.0 Å².